The van der Waals surface area contributed by atoms with Crippen LogP contribution in [0.25, 0.3) is 0 Å². The number of carbonyl (C=O) groups is 3. The number of benzene rings is 1. The zero-order valence-electron chi connectivity index (χ0n) is 15.7. The molecule has 1 unspecified atom stereocenters. The van der Waals surface area contributed by atoms with E-state index in [1.807, 2.05) is 30.3 Å². The molecule has 4 rings (SSSR count). The molecule has 0 bridgehead atoms. The molecule has 1 fully saturated rings. The van der Waals surface area contributed by atoms with Gasteiger partial charge < -0.3 is 15.5 Å². The zero-order chi connectivity index (χ0) is 20.4. The van der Waals surface area contributed by atoms with E-state index in [1.165, 1.54) is 0 Å². The van der Waals surface area contributed by atoms with Crippen LogP contribution >= 0.6 is 15.9 Å². The zero-order valence-corrected chi connectivity index (χ0v) is 17.3. The van der Waals surface area contributed by atoms with Gasteiger partial charge in [0.05, 0.1) is 5.92 Å². The van der Waals surface area contributed by atoms with Crippen LogP contribution in [0, 0.1) is 5.92 Å². The summed E-state index contributed by atoms with van der Waals surface area (Å²) in [6, 6.07) is 11.0. The minimum absolute atomic E-state index is 0.0410. The van der Waals surface area contributed by atoms with Crippen molar-refractivity contribution in [3.05, 3.63) is 52.6 Å². The summed E-state index contributed by atoms with van der Waals surface area (Å²) in [6.45, 7) is 1.01. The number of hydrogen-bond donors (Lipinski definition) is 2. The third-order valence-corrected chi connectivity index (χ3v) is 5.92. The number of rotatable bonds is 3. The first-order valence-electron chi connectivity index (χ1n) is 9.61. The summed E-state index contributed by atoms with van der Waals surface area (Å²) in [4.78, 5) is 43.6. The quantitative estimate of drug-likeness (QED) is 0.741. The first-order valence-corrected chi connectivity index (χ1v) is 10.4. The summed E-state index contributed by atoms with van der Waals surface area (Å²) < 4.78 is 0.847. The van der Waals surface area contributed by atoms with Crippen LogP contribution in [0.1, 0.15) is 30.7 Å². The molecule has 2 aromatic rings. The van der Waals surface area contributed by atoms with Gasteiger partial charge in [-0.25, -0.2) is 4.98 Å². The number of piperidine rings is 1. The number of para-hydroxylation sites is 1. The second kappa shape index (κ2) is 8.32. The molecule has 1 aromatic carbocycles. The van der Waals surface area contributed by atoms with Crippen molar-refractivity contribution < 1.29 is 14.4 Å². The number of carbonyl (C=O) groups excluding carboxylic acids is 3. The van der Waals surface area contributed by atoms with Gasteiger partial charge in [0.2, 0.25) is 17.7 Å². The van der Waals surface area contributed by atoms with Crippen molar-refractivity contribution in [2.45, 2.75) is 25.2 Å². The Bertz CT molecular complexity index is 939. The summed E-state index contributed by atoms with van der Waals surface area (Å²) >= 11 is 3.32. The second-order valence-electron chi connectivity index (χ2n) is 7.34. The summed E-state index contributed by atoms with van der Waals surface area (Å²) in [7, 11) is 0. The molecule has 29 heavy (non-hydrogen) atoms. The Balaban J connectivity index is 1.37. The molecule has 0 aliphatic carbocycles. The molecular formula is C21H21BrN4O3. The maximum Gasteiger partial charge on any atom is 0.230 e. The Morgan fingerprint density at radius 3 is 2.62 bits per heavy atom. The first-order chi connectivity index (χ1) is 14.0. The van der Waals surface area contributed by atoms with E-state index in [1.54, 1.807) is 17.2 Å². The molecular weight excluding hydrogens is 436 g/mol. The van der Waals surface area contributed by atoms with Crippen molar-refractivity contribution in [3.63, 3.8) is 0 Å². The molecule has 2 aliphatic rings. The highest BCUT2D eigenvalue weighted by atomic mass is 79.9. The van der Waals surface area contributed by atoms with E-state index < -0.39 is 5.92 Å². The minimum atomic E-state index is -0.461. The predicted octanol–water partition coefficient (Wildman–Crippen LogP) is 3.15. The minimum Gasteiger partial charge on any atom is -0.342 e. The number of anilines is 2. The Labute approximate surface area is 177 Å². The highest BCUT2D eigenvalue weighted by Crippen LogP contribution is 2.34. The predicted molar refractivity (Wildman–Crippen MR) is 112 cm³/mol. The van der Waals surface area contributed by atoms with Crippen molar-refractivity contribution in [2.24, 2.45) is 5.92 Å². The molecule has 0 saturated carbocycles. The number of likely N-dealkylation sites (tertiary alicyclic amines) is 1. The standard InChI is InChI=1S/C21H21BrN4O3/c22-14-5-6-18(23-12-14)25-20(28)13-7-9-26(10-8-13)21(29)16-11-19(27)24-17-4-2-1-3-15(16)17/h1-6,12-13,16H,7-11H2,(H,24,27)(H,23,25,28). The maximum atomic E-state index is 13.1. The summed E-state index contributed by atoms with van der Waals surface area (Å²) in [5.41, 5.74) is 1.57. The van der Waals surface area contributed by atoms with E-state index in [2.05, 4.69) is 31.5 Å². The number of hydrogen-bond acceptors (Lipinski definition) is 4. The lowest BCUT2D eigenvalue weighted by Crippen LogP contribution is -2.44. The normalized spacial score (nSPS) is 19.3. The Kier molecular flexibility index (Phi) is 5.62. The fourth-order valence-electron chi connectivity index (χ4n) is 3.89. The van der Waals surface area contributed by atoms with Crippen molar-refractivity contribution in [1.29, 1.82) is 0 Å². The van der Waals surface area contributed by atoms with Crippen LogP contribution in [-0.2, 0) is 14.4 Å². The molecule has 7 nitrogen and oxygen atoms in total. The van der Waals surface area contributed by atoms with Crippen molar-refractivity contribution >= 4 is 45.2 Å². The maximum absolute atomic E-state index is 13.1. The van der Waals surface area contributed by atoms with Crippen LogP contribution in [-0.4, -0.2) is 40.7 Å². The molecule has 1 atom stereocenters. The Morgan fingerprint density at radius 2 is 1.90 bits per heavy atom. The van der Waals surface area contributed by atoms with Crippen molar-refractivity contribution in [2.75, 3.05) is 23.7 Å². The summed E-state index contributed by atoms with van der Waals surface area (Å²) in [6.07, 6.45) is 2.98. The fourth-order valence-corrected chi connectivity index (χ4v) is 4.13. The first kappa shape index (κ1) is 19.6. The summed E-state index contributed by atoms with van der Waals surface area (Å²) in [5.74, 6) is -0.362. The van der Waals surface area contributed by atoms with Gasteiger partial charge in [-0.05, 0) is 52.5 Å². The van der Waals surface area contributed by atoms with Crippen LogP contribution in [0.4, 0.5) is 11.5 Å². The average Bonchev–Trinajstić information content (AvgIpc) is 2.74. The molecule has 0 spiro atoms. The second-order valence-corrected chi connectivity index (χ2v) is 8.26. The molecule has 3 amide bonds. The van der Waals surface area contributed by atoms with Gasteiger partial charge >= 0.3 is 0 Å². The number of nitrogens with one attached hydrogen (secondary N) is 2. The number of halogens is 1. The lowest BCUT2D eigenvalue weighted by Gasteiger charge is -2.35. The molecule has 0 radical (unpaired) electrons. The van der Waals surface area contributed by atoms with Gasteiger partial charge in [0, 0.05) is 41.8 Å². The molecule has 2 N–H and O–H groups in total. The molecule has 3 heterocycles. The van der Waals surface area contributed by atoms with Crippen molar-refractivity contribution in [3.8, 4) is 0 Å². The number of nitrogens with zero attached hydrogens (tertiary/aromatic N) is 2. The highest BCUT2D eigenvalue weighted by molar-refractivity contribution is 9.10. The van der Waals surface area contributed by atoms with Gasteiger partial charge in [-0.15, -0.1) is 0 Å². The average molecular weight is 457 g/mol. The smallest absolute Gasteiger partial charge is 0.230 e. The molecule has 1 saturated heterocycles. The van der Waals surface area contributed by atoms with Gasteiger partial charge in [0.1, 0.15) is 5.82 Å². The fraction of sp³-hybridized carbons (Fsp3) is 0.333. The number of pyridine rings is 1. The largest absolute Gasteiger partial charge is 0.342 e. The number of fused-ring (bicyclic) bond motifs is 1. The van der Waals surface area contributed by atoms with Crippen LogP contribution in [0.15, 0.2) is 47.1 Å². The van der Waals surface area contributed by atoms with Crippen LogP contribution in [0.2, 0.25) is 0 Å². The lowest BCUT2D eigenvalue weighted by atomic mass is 9.88. The van der Waals surface area contributed by atoms with Gasteiger partial charge in [-0.1, -0.05) is 18.2 Å². The third-order valence-electron chi connectivity index (χ3n) is 5.45. The van der Waals surface area contributed by atoms with E-state index >= 15 is 0 Å². The van der Waals surface area contributed by atoms with Crippen molar-refractivity contribution in [1.82, 2.24) is 9.88 Å². The number of aromatic nitrogens is 1. The van der Waals surface area contributed by atoms with Gasteiger partial charge in [0.15, 0.2) is 0 Å². The van der Waals surface area contributed by atoms with Gasteiger partial charge in [-0.3, -0.25) is 14.4 Å². The van der Waals surface area contributed by atoms with Gasteiger partial charge in [-0.2, -0.15) is 0 Å². The summed E-state index contributed by atoms with van der Waals surface area (Å²) in [5, 5.41) is 5.66. The highest BCUT2D eigenvalue weighted by Gasteiger charge is 2.35. The Morgan fingerprint density at radius 1 is 1.14 bits per heavy atom. The number of amides is 3. The van der Waals surface area contributed by atoms with E-state index in [4.69, 9.17) is 0 Å². The monoisotopic (exact) mass is 456 g/mol. The lowest BCUT2D eigenvalue weighted by molar-refractivity contribution is -0.137. The van der Waals surface area contributed by atoms with Crippen LogP contribution in [0.3, 0.4) is 0 Å². The van der Waals surface area contributed by atoms with E-state index in [0.29, 0.717) is 37.4 Å². The van der Waals surface area contributed by atoms with E-state index in [9.17, 15) is 14.4 Å². The van der Waals surface area contributed by atoms with E-state index in [0.717, 1.165) is 10.0 Å². The van der Waals surface area contributed by atoms with E-state index in [-0.39, 0.29) is 30.1 Å². The molecule has 1 aromatic heterocycles. The SMILES string of the molecule is O=C1CC(C(=O)N2CCC(C(=O)Nc3ccc(Br)cn3)CC2)c2ccccc2N1. The van der Waals surface area contributed by atoms with Crippen LogP contribution < -0.4 is 10.6 Å². The van der Waals surface area contributed by atoms with Crippen LogP contribution in [0.5, 0.6) is 0 Å². The molecule has 150 valence electrons. The Hall–Kier alpha value is -2.74. The topological polar surface area (TPSA) is 91.4 Å². The molecule has 2 aliphatic heterocycles. The van der Waals surface area contributed by atoms with Gasteiger partial charge in [0.25, 0.3) is 0 Å². The molecule has 8 heteroatoms. The third kappa shape index (κ3) is 4.32.